The average Bonchev–Trinajstić information content (AvgIpc) is 3.07. The molecule has 1 aromatic carbocycles. The van der Waals surface area contributed by atoms with E-state index in [0.29, 0.717) is 30.9 Å². The van der Waals surface area contributed by atoms with Crippen molar-refractivity contribution in [1.82, 2.24) is 24.9 Å². The molecule has 4 amide bonds. The van der Waals surface area contributed by atoms with Gasteiger partial charge in [0.25, 0.3) is 5.91 Å². The van der Waals surface area contributed by atoms with Crippen LogP contribution in [0.1, 0.15) is 28.7 Å². The summed E-state index contributed by atoms with van der Waals surface area (Å²) in [6, 6.07) is 8.63. The van der Waals surface area contributed by atoms with Gasteiger partial charge in [-0.2, -0.15) is 5.10 Å². The highest BCUT2D eigenvalue weighted by Gasteiger charge is 2.23. The molecule has 28 heavy (non-hydrogen) atoms. The monoisotopic (exact) mass is 384 g/mol. The van der Waals surface area contributed by atoms with Gasteiger partial charge < -0.3 is 20.4 Å². The SMILES string of the molecule is CC(=O)Nc1cccc(C(=O)NCc2cc3n(n2)CCN(C(=O)N(C)C)C3)c1. The molecular formula is C19H24N6O3. The van der Waals surface area contributed by atoms with Crippen LogP contribution in [0, 0.1) is 0 Å². The Morgan fingerprint density at radius 3 is 2.68 bits per heavy atom. The third-order valence-corrected chi connectivity index (χ3v) is 4.38. The predicted molar refractivity (Wildman–Crippen MR) is 104 cm³/mol. The summed E-state index contributed by atoms with van der Waals surface area (Å²) >= 11 is 0. The van der Waals surface area contributed by atoms with E-state index in [0.717, 1.165) is 11.4 Å². The quantitative estimate of drug-likeness (QED) is 0.829. The molecule has 2 N–H and O–H groups in total. The lowest BCUT2D eigenvalue weighted by Crippen LogP contribution is -2.43. The number of aromatic nitrogens is 2. The van der Waals surface area contributed by atoms with Gasteiger partial charge in [0.1, 0.15) is 0 Å². The van der Waals surface area contributed by atoms with E-state index in [2.05, 4.69) is 15.7 Å². The molecule has 0 radical (unpaired) electrons. The van der Waals surface area contributed by atoms with Crippen molar-refractivity contribution in [2.75, 3.05) is 26.0 Å². The van der Waals surface area contributed by atoms with Gasteiger partial charge in [-0.25, -0.2) is 4.79 Å². The lowest BCUT2D eigenvalue weighted by atomic mass is 10.2. The summed E-state index contributed by atoms with van der Waals surface area (Å²) in [6.07, 6.45) is 0. The van der Waals surface area contributed by atoms with Gasteiger partial charge >= 0.3 is 6.03 Å². The van der Waals surface area contributed by atoms with Crippen molar-refractivity contribution in [2.24, 2.45) is 0 Å². The van der Waals surface area contributed by atoms with Crippen molar-refractivity contribution in [1.29, 1.82) is 0 Å². The number of urea groups is 1. The molecule has 9 nitrogen and oxygen atoms in total. The summed E-state index contributed by atoms with van der Waals surface area (Å²) in [5.74, 6) is -0.439. The van der Waals surface area contributed by atoms with Crippen molar-refractivity contribution >= 4 is 23.5 Å². The van der Waals surface area contributed by atoms with E-state index in [9.17, 15) is 14.4 Å². The Morgan fingerprint density at radius 1 is 1.18 bits per heavy atom. The second-order valence-corrected chi connectivity index (χ2v) is 6.89. The zero-order chi connectivity index (χ0) is 20.3. The van der Waals surface area contributed by atoms with Crippen molar-refractivity contribution in [3.8, 4) is 0 Å². The lowest BCUT2D eigenvalue weighted by Gasteiger charge is -2.29. The summed E-state index contributed by atoms with van der Waals surface area (Å²) < 4.78 is 1.87. The van der Waals surface area contributed by atoms with E-state index in [1.54, 1.807) is 48.2 Å². The number of nitrogens with zero attached hydrogens (tertiary/aromatic N) is 4. The molecule has 0 bridgehead atoms. The van der Waals surface area contributed by atoms with Crippen LogP contribution in [0.3, 0.4) is 0 Å². The van der Waals surface area contributed by atoms with Gasteiger partial charge in [-0.1, -0.05) is 6.07 Å². The number of carbonyl (C=O) groups is 3. The van der Waals surface area contributed by atoms with Crippen molar-refractivity contribution in [2.45, 2.75) is 26.6 Å². The number of hydrogen-bond acceptors (Lipinski definition) is 4. The van der Waals surface area contributed by atoms with E-state index in [-0.39, 0.29) is 24.4 Å². The smallest absolute Gasteiger partial charge is 0.319 e. The Bertz CT molecular complexity index is 905. The van der Waals surface area contributed by atoms with E-state index >= 15 is 0 Å². The number of hydrogen-bond donors (Lipinski definition) is 2. The van der Waals surface area contributed by atoms with Crippen molar-refractivity contribution in [3.63, 3.8) is 0 Å². The third kappa shape index (κ3) is 4.48. The van der Waals surface area contributed by atoms with Crippen LogP contribution in [0.15, 0.2) is 30.3 Å². The van der Waals surface area contributed by atoms with Crippen LogP contribution in [0.25, 0.3) is 0 Å². The Morgan fingerprint density at radius 2 is 1.96 bits per heavy atom. The molecule has 1 aromatic heterocycles. The van der Waals surface area contributed by atoms with Gasteiger partial charge in [0.15, 0.2) is 0 Å². The second kappa shape index (κ2) is 8.12. The first-order chi connectivity index (χ1) is 13.3. The molecule has 3 rings (SSSR count). The fourth-order valence-electron chi connectivity index (χ4n) is 3.07. The van der Waals surface area contributed by atoms with Gasteiger partial charge in [-0.15, -0.1) is 0 Å². The molecule has 0 spiro atoms. The number of benzene rings is 1. The van der Waals surface area contributed by atoms with Crippen LogP contribution >= 0.6 is 0 Å². The van der Waals surface area contributed by atoms with E-state index in [1.807, 2.05) is 10.7 Å². The molecule has 0 fully saturated rings. The molecule has 0 unspecified atom stereocenters. The molecule has 148 valence electrons. The molecule has 1 aliphatic rings. The minimum atomic E-state index is -0.248. The van der Waals surface area contributed by atoms with Gasteiger partial charge in [0.05, 0.1) is 31.0 Å². The Hall–Kier alpha value is -3.36. The lowest BCUT2D eigenvalue weighted by molar-refractivity contribution is -0.114. The average molecular weight is 384 g/mol. The molecule has 2 heterocycles. The number of fused-ring (bicyclic) bond motifs is 1. The fourth-order valence-corrected chi connectivity index (χ4v) is 3.07. The third-order valence-electron chi connectivity index (χ3n) is 4.38. The normalized spacial score (nSPS) is 12.9. The highest BCUT2D eigenvalue weighted by molar-refractivity contribution is 5.96. The number of carbonyl (C=O) groups excluding carboxylic acids is 3. The minimum absolute atomic E-state index is 0.0265. The van der Waals surface area contributed by atoms with Crippen LogP contribution in [-0.2, 0) is 24.4 Å². The standard InChI is InChI=1S/C19H24N6O3/c1-13(26)21-15-6-4-5-14(9-15)18(27)20-11-16-10-17-12-24(19(28)23(2)3)7-8-25(17)22-16/h4-6,9-10H,7-8,11-12H2,1-3H3,(H,20,27)(H,21,26). The van der Waals surface area contributed by atoms with Crippen LogP contribution in [0.4, 0.5) is 10.5 Å². The highest BCUT2D eigenvalue weighted by atomic mass is 16.2. The summed E-state index contributed by atoms with van der Waals surface area (Å²) in [5, 5.41) is 10.0. The maximum atomic E-state index is 12.4. The van der Waals surface area contributed by atoms with E-state index in [1.165, 1.54) is 6.92 Å². The molecule has 0 saturated heterocycles. The molecule has 0 aliphatic carbocycles. The van der Waals surface area contributed by atoms with Crippen molar-refractivity contribution in [3.05, 3.63) is 47.3 Å². The van der Waals surface area contributed by atoms with Gasteiger partial charge in [-0.3, -0.25) is 14.3 Å². The van der Waals surface area contributed by atoms with Crippen LogP contribution in [0.5, 0.6) is 0 Å². The summed E-state index contributed by atoms with van der Waals surface area (Å²) in [5.41, 5.74) is 2.71. The van der Waals surface area contributed by atoms with Gasteiger partial charge in [0.2, 0.25) is 5.91 Å². The first-order valence-corrected chi connectivity index (χ1v) is 9.01. The highest BCUT2D eigenvalue weighted by Crippen LogP contribution is 2.15. The molecule has 1 aliphatic heterocycles. The van der Waals surface area contributed by atoms with E-state index < -0.39 is 0 Å². The summed E-state index contributed by atoms with van der Waals surface area (Å²) in [6.45, 7) is 3.43. The molecule has 0 saturated carbocycles. The Labute approximate surface area is 163 Å². The number of anilines is 1. The number of amides is 4. The Balaban J connectivity index is 1.61. The maximum Gasteiger partial charge on any atom is 0.319 e. The molecule has 0 atom stereocenters. The minimum Gasteiger partial charge on any atom is -0.346 e. The number of rotatable bonds is 4. The Kier molecular flexibility index (Phi) is 5.62. The van der Waals surface area contributed by atoms with Crippen LogP contribution in [-0.4, -0.2) is 58.1 Å². The predicted octanol–water partition coefficient (Wildman–Crippen LogP) is 1.27. The second-order valence-electron chi connectivity index (χ2n) is 6.89. The topological polar surface area (TPSA) is 99.6 Å². The largest absolute Gasteiger partial charge is 0.346 e. The molecular weight excluding hydrogens is 360 g/mol. The van der Waals surface area contributed by atoms with Gasteiger partial charge in [-0.05, 0) is 24.3 Å². The molecule has 9 heteroatoms. The zero-order valence-electron chi connectivity index (χ0n) is 16.2. The van der Waals surface area contributed by atoms with Gasteiger partial charge in [0, 0.05) is 38.8 Å². The van der Waals surface area contributed by atoms with Crippen LogP contribution in [0.2, 0.25) is 0 Å². The van der Waals surface area contributed by atoms with E-state index in [4.69, 9.17) is 0 Å². The first kappa shape index (κ1) is 19.4. The molecule has 2 aromatic rings. The number of nitrogens with one attached hydrogen (secondary N) is 2. The van der Waals surface area contributed by atoms with Crippen LogP contribution < -0.4 is 10.6 Å². The first-order valence-electron chi connectivity index (χ1n) is 9.01. The fraction of sp³-hybridized carbons (Fsp3) is 0.368. The summed E-state index contributed by atoms with van der Waals surface area (Å²) in [7, 11) is 3.46. The van der Waals surface area contributed by atoms with Crippen molar-refractivity contribution < 1.29 is 14.4 Å². The maximum absolute atomic E-state index is 12.4. The zero-order valence-corrected chi connectivity index (χ0v) is 16.2. The summed E-state index contributed by atoms with van der Waals surface area (Å²) in [4.78, 5) is 39.0.